The summed E-state index contributed by atoms with van der Waals surface area (Å²) in [5, 5.41) is 17.3. The molecule has 6 heteroatoms. The second kappa shape index (κ2) is 4.19. The number of nitriles is 1. The van der Waals surface area contributed by atoms with Gasteiger partial charge in [-0.3, -0.25) is 0 Å². The Kier molecular flexibility index (Phi) is 3.17. The Morgan fingerprint density at radius 3 is 2.53 bits per heavy atom. The zero-order valence-electron chi connectivity index (χ0n) is 7.25. The Labute approximate surface area is 83.3 Å². The van der Waals surface area contributed by atoms with Crippen molar-refractivity contribution in [1.82, 2.24) is 0 Å². The van der Waals surface area contributed by atoms with Gasteiger partial charge < -0.3 is 9.84 Å². The summed E-state index contributed by atoms with van der Waals surface area (Å²) in [4.78, 5) is 0. The predicted octanol–water partition coefficient (Wildman–Crippen LogP) is 2.34. The van der Waals surface area contributed by atoms with Gasteiger partial charge in [-0.2, -0.15) is 5.26 Å². The van der Waals surface area contributed by atoms with E-state index in [-0.39, 0.29) is 11.1 Å². The molecule has 0 amide bonds. The van der Waals surface area contributed by atoms with E-state index in [4.69, 9.17) is 10.4 Å². The average molecular weight is 216 g/mol. The van der Waals surface area contributed by atoms with Crippen LogP contribution in [0.2, 0.25) is 0 Å². The second-order valence-corrected chi connectivity index (χ2v) is 2.51. The molecule has 0 saturated heterocycles. The lowest BCUT2D eigenvalue weighted by atomic mass is 10.1. The van der Waals surface area contributed by atoms with Crippen LogP contribution in [-0.2, 0) is 0 Å². The molecule has 0 aromatic heterocycles. The maximum absolute atomic E-state index is 11.9. The molecule has 0 atom stereocenters. The number of nitrogens with zero attached hydrogens (tertiary/aromatic N) is 1. The van der Waals surface area contributed by atoms with Crippen molar-refractivity contribution in [2.75, 3.05) is 0 Å². The number of ether oxygens (including phenoxy) is 1. The molecule has 15 heavy (non-hydrogen) atoms. The fourth-order valence-electron chi connectivity index (χ4n) is 0.985. The summed E-state index contributed by atoms with van der Waals surface area (Å²) in [7, 11) is 0. The van der Waals surface area contributed by atoms with Crippen molar-refractivity contribution in [1.29, 1.82) is 5.26 Å². The Morgan fingerprint density at radius 2 is 2.07 bits per heavy atom. The number of alkyl halides is 3. The van der Waals surface area contributed by atoms with Gasteiger partial charge in [0.05, 0.1) is 0 Å². The monoisotopic (exact) mass is 216 g/mol. The molecule has 3 nitrogen and oxygen atoms in total. The van der Waals surface area contributed by atoms with Gasteiger partial charge in [0.25, 0.3) is 0 Å². The van der Waals surface area contributed by atoms with Crippen LogP contribution in [0.25, 0.3) is 0 Å². The molecule has 0 bridgehead atoms. The number of rotatable bonds is 2. The van der Waals surface area contributed by atoms with E-state index in [0.29, 0.717) is 6.61 Å². The predicted molar refractivity (Wildman–Crippen MR) is 43.2 cm³/mol. The minimum atomic E-state index is -4.86. The third-order valence-electron chi connectivity index (χ3n) is 1.54. The minimum absolute atomic E-state index is 0.0285. The third-order valence-corrected chi connectivity index (χ3v) is 1.54. The SMILES string of the molecule is N#Cc1c([CH]O)cccc1OC(F)(F)F. The van der Waals surface area contributed by atoms with Gasteiger partial charge in [0.15, 0.2) is 0 Å². The molecular formula is C9H5F3NO2. The number of aliphatic hydroxyl groups is 1. The van der Waals surface area contributed by atoms with Crippen LogP contribution in [0, 0.1) is 17.9 Å². The van der Waals surface area contributed by atoms with Crippen LogP contribution in [0.1, 0.15) is 11.1 Å². The normalized spacial score (nSPS) is 10.9. The van der Waals surface area contributed by atoms with Crippen LogP contribution in [0.4, 0.5) is 13.2 Å². The summed E-state index contributed by atoms with van der Waals surface area (Å²) in [6.45, 7) is 0.543. The highest BCUT2D eigenvalue weighted by Crippen LogP contribution is 2.28. The first-order valence-electron chi connectivity index (χ1n) is 3.74. The van der Waals surface area contributed by atoms with Gasteiger partial charge >= 0.3 is 6.36 Å². The fraction of sp³-hybridized carbons (Fsp3) is 0.111. The molecule has 1 rings (SSSR count). The Morgan fingerprint density at radius 1 is 1.40 bits per heavy atom. The van der Waals surface area contributed by atoms with E-state index < -0.39 is 12.1 Å². The molecule has 0 unspecified atom stereocenters. The summed E-state index contributed by atoms with van der Waals surface area (Å²) < 4.78 is 39.3. The van der Waals surface area contributed by atoms with Crippen molar-refractivity contribution in [3.8, 4) is 11.8 Å². The van der Waals surface area contributed by atoms with Crippen molar-refractivity contribution in [2.45, 2.75) is 6.36 Å². The molecule has 0 aliphatic heterocycles. The molecule has 1 radical (unpaired) electrons. The summed E-state index contributed by atoms with van der Waals surface area (Å²) in [5.41, 5.74) is -0.392. The van der Waals surface area contributed by atoms with Gasteiger partial charge in [-0.25, -0.2) is 0 Å². The molecule has 0 fully saturated rings. The Bertz CT molecular complexity index is 395. The van der Waals surface area contributed by atoms with Crippen molar-refractivity contribution < 1.29 is 23.0 Å². The first-order chi connectivity index (χ1) is 6.98. The minimum Gasteiger partial charge on any atom is -0.404 e. The topological polar surface area (TPSA) is 53.2 Å². The number of halogens is 3. The Hall–Kier alpha value is -1.74. The number of benzene rings is 1. The van der Waals surface area contributed by atoms with E-state index in [0.717, 1.165) is 6.07 Å². The van der Waals surface area contributed by atoms with Gasteiger partial charge in [0, 0.05) is 5.56 Å². The van der Waals surface area contributed by atoms with E-state index in [1.807, 2.05) is 0 Å². The largest absolute Gasteiger partial charge is 0.573 e. The summed E-state index contributed by atoms with van der Waals surface area (Å²) in [6, 6.07) is 5.05. The standard InChI is InChI=1S/C9H5F3NO2/c10-9(11,12)15-8-3-1-2-6(5-14)7(8)4-13/h1-3,5,14H. The highest BCUT2D eigenvalue weighted by Gasteiger charge is 2.32. The molecule has 1 aromatic carbocycles. The lowest BCUT2D eigenvalue weighted by molar-refractivity contribution is -0.274. The van der Waals surface area contributed by atoms with Gasteiger partial charge in [-0.15, -0.1) is 13.2 Å². The molecule has 0 saturated carbocycles. The molecule has 79 valence electrons. The van der Waals surface area contributed by atoms with E-state index in [2.05, 4.69) is 4.74 Å². The molecular weight excluding hydrogens is 211 g/mol. The van der Waals surface area contributed by atoms with Crippen LogP contribution in [0.3, 0.4) is 0 Å². The van der Waals surface area contributed by atoms with Crippen LogP contribution in [-0.4, -0.2) is 11.5 Å². The smallest absolute Gasteiger partial charge is 0.404 e. The number of hydrogen-bond acceptors (Lipinski definition) is 3. The highest BCUT2D eigenvalue weighted by molar-refractivity contribution is 5.50. The molecule has 0 heterocycles. The highest BCUT2D eigenvalue weighted by atomic mass is 19.4. The van der Waals surface area contributed by atoms with Crippen molar-refractivity contribution in [3.05, 3.63) is 35.9 Å². The summed E-state index contributed by atoms with van der Waals surface area (Å²) in [6.07, 6.45) is -4.86. The maximum atomic E-state index is 11.9. The van der Waals surface area contributed by atoms with Crippen molar-refractivity contribution in [3.63, 3.8) is 0 Å². The van der Waals surface area contributed by atoms with Crippen molar-refractivity contribution in [2.24, 2.45) is 0 Å². The fourth-order valence-corrected chi connectivity index (χ4v) is 0.985. The van der Waals surface area contributed by atoms with Crippen LogP contribution >= 0.6 is 0 Å². The van der Waals surface area contributed by atoms with E-state index >= 15 is 0 Å². The van der Waals surface area contributed by atoms with Crippen LogP contribution in [0.15, 0.2) is 18.2 Å². The molecule has 0 spiro atoms. The zero-order valence-corrected chi connectivity index (χ0v) is 7.25. The quantitative estimate of drug-likeness (QED) is 0.825. The van der Waals surface area contributed by atoms with E-state index in [1.54, 1.807) is 0 Å². The first kappa shape index (κ1) is 11.3. The van der Waals surface area contributed by atoms with Gasteiger partial charge in [-0.05, 0) is 6.07 Å². The molecule has 1 N–H and O–H groups in total. The second-order valence-electron chi connectivity index (χ2n) is 2.51. The first-order valence-corrected chi connectivity index (χ1v) is 3.74. The molecule has 1 aromatic rings. The maximum Gasteiger partial charge on any atom is 0.573 e. The molecule has 0 aliphatic carbocycles. The van der Waals surface area contributed by atoms with Gasteiger partial charge in [0.1, 0.15) is 24.0 Å². The summed E-state index contributed by atoms with van der Waals surface area (Å²) >= 11 is 0. The Balaban J connectivity index is 3.14. The zero-order chi connectivity index (χ0) is 11.5. The number of aliphatic hydroxyl groups excluding tert-OH is 1. The lowest BCUT2D eigenvalue weighted by Crippen LogP contribution is -2.18. The third kappa shape index (κ3) is 2.86. The summed E-state index contributed by atoms with van der Waals surface area (Å²) in [5.74, 6) is -0.632. The number of hydrogen-bond donors (Lipinski definition) is 1. The molecule has 0 aliphatic rings. The average Bonchev–Trinajstić information content (AvgIpc) is 2.15. The van der Waals surface area contributed by atoms with E-state index in [1.165, 1.54) is 18.2 Å². The van der Waals surface area contributed by atoms with Crippen molar-refractivity contribution >= 4 is 0 Å². The van der Waals surface area contributed by atoms with Gasteiger partial charge in [-0.1, -0.05) is 12.1 Å². The van der Waals surface area contributed by atoms with Gasteiger partial charge in [0.2, 0.25) is 0 Å². The van der Waals surface area contributed by atoms with Crippen LogP contribution < -0.4 is 4.74 Å². The lowest BCUT2D eigenvalue weighted by Gasteiger charge is -2.11. The van der Waals surface area contributed by atoms with E-state index in [9.17, 15) is 13.2 Å². The van der Waals surface area contributed by atoms with Crippen LogP contribution in [0.5, 0.6) is 5.75 Å².